The predicted octanol–water partition coefficient (Wildman–Crippen LogP) is 2.67. The van der Waals surface area contributed by atoms with E-state index in [4.69, 9.17) is 11.6 Å². The molecular formula is C18H16ClFN6O. The summed E-state index contributed by atoms with van der Waals surface area (Å²) < 4.78 is 14.2. The van der Waals surface area contributed by atoms with E-state index in [1.54, 1.807) is 23.6 Å². The number of halogens is 2. The van der Waals surface area contributed by atoms with Crippen LogP contribution in [0.25, 0.3) is 0 Å². The van der Waals surface area contributed by atoms with Crippen LogP contribution in [-0.2, 0) is 6.42 Å². The molecule has 7 nitrogen and oxygen atoms in total. The molecule has 0 radical (unpaired) electrons. The summed E-state index contributed by atoms with van der Waals surface area (Å²) in [5.74, 6) is 0.391. The highest BCUT2D eigenvalue weighted by atomic mass is 35.5. The first-order valence-electron chi connectivity index (χ1n) is 8.68. The summed E-state index contributed by atoms with van der Waals surface area (Å²) in [5, 5.41) is 6.56. The number of rotatable bonds is 2. The molecule has 0 saturated heterocycles. The Morgan fingerprint density at radius 2 is 2.22 bits per heavy atom. The Kier molecular flexibility index (Phi) is 3.68. The van der Waals surface area contributed by atoms with Crippen molar-refractivity contribution in [3.8, 4) is 0 Å². The second kappa shape index (κ2) is 6.09. The van der Waals surface area contributed by atoms with E-state index in [0.717, 1.165) is 23.5 Å². The van der Waals surface area contributed by atoms with Gasteiger partial charge in [0.05, 0.1) is 17.7 Å². The van der Waals surface area contributed by atoms with Gasteiger partial charge >= 0.3 is 0 Å². The second-order valence-corrected chi connectivity index (χ2v) is 7.15. The lowest BCUT2D eigenvalue weighted by Gasteiger charge is -2.36. The van der Waals surface area contributed by atoms with Crippen molar-refractivity contribution in [1.82, 2.24) is 20.0 Å². The number of aromatic amines is 2. The minimum absolute atomic E-state index is 0.178. The zero-order valence-electron chi connectivity index (χ0n) is 14.2. The molecule has 3 aliphatic heterocycles. The molecule has 2 aromatic rings. The van der Waals surface area contributed by atoms with Crippen molar-refractivity contribution in [3.63, 3.8) is 0 Å². The van der Waals surface area contributed by atoms with Gasteiger partial charge in [-0.05, 0) is 12.2 Å². The largest absolute Gasteiger partial charge is 0.348 e. The summed E-state index contributed by atoms with van der Waals surface area (Å²) in [4.78, 5) is 24.7. The maximum absolute atomic E-state index is 14.2. The first-order valence-corrected chi connectivity index (χ1v) is 9.06. The standard InChI is InChI=1S/C18H16ClFN6O/c19-15-6-10(27)7-16(23-15)25-5-3-12-17(22-9-21-12)18(25)13-8-14-11(20)2-1-4-26(14)24-13/h1-2,4,6-7,9,14,18H,3,5,8H2,(H,21,22)(H,23,27)/t14?,18-/m0/s1. The Morgan fingerprint density at radius 1 is 1.33 bits per heavy atom. The third-order valence-corrected chi connectivity index (χ3v) is 5.33. The topological polar surface area (TPSA) is 80.4 Å². The molecule has 138 valence electrons. The van der Waals surface area contributed by atoms with E-state index in [2.05, 4.69) is 20.1 Å². The molecule has 0 aliphatic carbocycles. The zero-order chi connectivity index (χ0) is 18.5. The van der Waals surface area contributed by atoms with Gasteiger partial charge in [-0.25, -0.2) is 9.37 Å². The molecule has 9 heteroatoms. The van der Waals surface area contributed by atoms with E-state index in [1.807, 2.05) is 4.90 Å². The van der Waals surface area contributed by atoms with E-state index in [0.29, 0.717) is 18.8 Å². The van der Waals surface area contributed by atoms with Gasteiger partial charge < -0.3 is 14.9 Å². The highest BCUT2D eigenvalue weighted by molar-refractivity contribution is 6.29. The molecule has 2 atom stereocenters. The molecule has 2 aromatic heterocycles. The van der Waals surface area contributed by atoms with Crippen LogP contribution >= 0.6 is 11.6 Å². The molecule has 5 rings (SSSR count). The summed E-state index contributed by atoms with van der Waals surface area (Å²) in [5.41, 5.74) is 2.49. The molecule has 0 fully saturated rings. The van der Waals surface area contributed by atoms with Gasteiger partial charge in [0.25, 0.3) is 0 Å². The fourth-order valence-electron chi connectivity index (χ4n) is 3.94. The zero-order valence-corrected chi connectivity index (χ0v) is 14.9. The average molecular weight is 387 g/mol. The van der Waals surface area contributed by atoms with Crippen LogP contribution in [0.4, 0.5) is 10.2 Å². The van der Waals surface area contributed by atoms with Gasteiger partial charge in [0.2, 0.25) is 0 Å². The van der Waals surface area contributed by atoms with Crippen LogP contribution < -0.4 is 10.3 Å². The highest BCUT2D eigenvalue weighted by Gasteiger charge is 2.40. The van der Waals surface area contributed by atoms with Gasteiger partial charge in [-0.15, -0.1) is 0 Å². The molecule has 27 heavy (non-hydrogen) atoms. The molecule has 5 heterocycles. The summed E-state index contributed by atoms with van der Waals surface area (Å²) in [6.07, 6.45) is 7.73. The lowest BCUT2D eigenvalue weighted by Crippen LogP contribution is -2.41. The predicted molar refractivity (Wildman–Crippen MR) is 100 cm³/mol. The number of anilines is 1. The van der Waals surface area contributed by atoms with Crippen molar-refractivity contribution < 1.29 is 4.39 Å². The lowest BCUT2D eigenvalue weighted by atomic mass is 9.94. The SMILES string of the molecule is O=c1cc(Cl)[nH]c(N2CCc3[nH]cnc3[C@@H]2C2=NN3C=CC=C(F)C3C2)c1. The quantitative estimate of drug-likeness (QED) is 0.777. The summed E-state index contributed by atoms with van der Waals surface area (Å²) in [6, 6.07) is 2.12. The highest BCUT2D eigenvalue weighted by Crippen LogP contribution is 2.38. The van der Waals surface area contributed by atoms with Gasteiger partial charge in [-0.3, -0.25) is 9.80 Å². The van der Waals surface area contributed by atoms with E-state index in [-0.39, 0.29) is 22.5 Å². The van der Waals surface area contributed by atoms with Crippen molar-refractivity contribution in [2.24, 2.45) is 5.10 Å². The normalized spacial score (nSPS) is 23.8. The number of hydrogen-bond donors (Lipinski definition) is 2. The number of hydrogen-bond acceptors (Lipinski definition) is 5. The number of nitrogens with zero attached hydrogens (tertiary/aromatic N) is 4. The number of hydrazone groups is 1. The minimum atomic E-state index is -0.422. The molecule has 0 aromatic carbocycles. The number of allylic oxidation sites excluding steroid dienone is 2. The van der Waals surface area contributed by atoms with Crippen LogP contribution in [0, 0.1) is 0 Å². The van der Waals surface area contributed by atoms with Crippen LogP contribution in [0.3, 0.4) is 0 Å². The molecule has 0 spiro atoms. The smallest absolute Gasteiger partial charge is 0.185 e. The van der Waals surface area contributed by atoms with Gasteiger partial charge in [0.15, 0.2) is 5.43 Å². The maximum atomic E-state index is 14.2. The summed E-state index contributed by atoms with van der Waals surface area (Å²) in [6.45, 7) is 0.647. The molecule has 0 amide bonds. The van der Waals surface area contributed by atoms with Crippen LogP contribution in [0.5, 0.6) is 0 Å². The number of imidazole rings is 1. The Balaban J connectivity index is 1.59. The van der Waals surface area contributed by atoms with E-state index < -0.39 is 6.04 Å². The van der Waals surface area contributed by atoms with Crippen molar-refractivity contribution >= 4 is 23.1 Å². The van der Waals surface area contributed by atoms with Crippen LogP contribution in [0.2, 0.25) is 5.15 Å². The van der Waals surface area contributed by atoms with Crippen molar-refractivity contribution in [3.05, 3.63) is 69.4 Å². The van der Waals surface area contributed by atoms with Crippen molar-refractivity contribution in [2.75, 3.05) is 11.4 Å². The summed E-state index contributed by atoms with van der Waals surface area (Å²) >= 11 is 6.07. The van der Waals surface area contributed by atoms with E-state index in [9.17, 15) is 9.18 Å². The average Bonchev–Trinajstić information content (AvgIpc) is 3.27. The molecule has 3 aliphatic rings. The number of fused-ring (bicyclic) bond motifs is 2. The maximum Gasteiger partial charge on any atom is 0.185 e. The Labute approximate surface area is 158 Å². The van der Waals surface area contributed by atoms with Gasteiger partial charge in [-0.2, -0.15) is 5.10 Å². The molecule has 0 bridgehead atoms. The second-order valence-electron chi connectivity index (χ2n) is 6.75. The Morgan fingerprint density at radius 3 is 3.04 bits per heavy atom. The Hall–Kier alpha value is -2.87. The molecule has 2 N–H and O–H groups in total. The first kappa shape index (κ1) is 16.3. The van der Waals surface area contributed by atoms with E-state index >= 15 is 0 Å². The summed E-state index contributed by atoms with van der Waals surface area (Å²) in [7, 11) is 0. The molecular weight excluding hydrogens is 371 g/mol. The third kappa shape index (κ3) is 2.68. The fraction of sp³-hybridized carbons (Fsp3) is 0.278. The van der Waals surface area contributed by atoms with E-state index in [1.165, 1.54) is 18.2 Å². The van der Waals surface area contributed by atoms with Gasteiger partial charge in [0.1, 0.15) is 28.9 Å². The van der Waals surface area contributed by atoms with Gasteiger partial charge in [-0.1, -0.05) is 11.6 Å². The Bertz CT molecular complexity index is 1050. The van der Waals surface area contributed by atoms with Gasteiger partial charge in [0, 0.05) is 43.4 Å². The van der Waals surface area contributed by atoms with Crippen molar-refractivity contribution in [1.29, 1.82) is 0 Å². The third-order valence-electron chi connectivity index (χ3n) is 5.12. The number of pyridine rings is 1. The number of nitrogens with one attached hydrogen (secondary N) is 2. The molecule has 0 saturated carbocycles. The number of aromatic nitrogens is 3. The van der Waals surface area contributed by atoms with Crippen LogP contribution in [0.15, 0.2) is 52.5 Å². The lowest BCUT2D eigenvalue weighted by molar-refractivity contribution is 0.311. The molecule has 1 unspecified atom stereocenters. The van der Waals surface area contributed by atoms with Crippen molar-refractivity contribution in [2.45, 2.75) is 24.9 Å². The first-order chi connectivity index (χ1) is 13.1. The number of H-pyrrole nitrogens is 2. The van der Waals surface area contributed by atoms with Crippen LogP contribution in [0.1, 0.15) is 23.9 Å². The minimum Gasteiger partial charge on any atom is -0.348 e. The fourth-order valence-corrected chi connectivity index (χ4v) is 4.14. The monoisotopic (exact) mass is 386 g/mol. The van der Waals surface area contributed by atoms with Crippen LogP contribution in [-0.4, -0.2) is 38.3 Å².